The van der Waals surface area contributed by atoms with Crippen molar-refractivity contribution in [3.05, 3.63) is 154 Å². The zero-order valence-corrected chi connectivity index (χ0v) is 41.2. The molecule has 4 aliphatic carbocycles. The maximum Gasteiger partial charge on any atom is 0.316 e. The number of carbonyl (C=O) groups excluding carboxylic acids is 2. The first kappa shape index (κ1) is 47.9. The maximum atomic E-state index is 15.7. The average Bonchev–Trinajstić information content (AvgIpc) is 3.37. The van der Waals surface area contributed by atoms with Gasteiger partial charge in [0.25, 0.3) is 0 Å². The first-order valence-corrected chi connectivity index (χ1v) is 25.3. The van der Waals surface area contributed by atoms with Gasteiger partial charge in [-0.1, -0.05) is 92.1 Å². The van der Waals surface area contributed by atoms with Crippen molar-refractivity contribution >= 4 is 28.8 Å². The molecule has 0 aromatic heterocycles. The van der Waals surface area contributed by atoms with Crippen molar-refractivity contribution in [1.29, 1.82) is 0 Å². The number of methoxy groups -OCH3 is 2. The van der Waals surface area contributed by atoms with E-state index in [-0.39, 0.29) is 47.4 Å². The number of aromatic hydroxyl groups is 3. The third kappa shape index (κ3) is 9.12. The van der Waals surface area contributed by atoms with Crippen molar-refractivity contribution in [3.8, 4) is 39.9 Å². The second-order valence-electron chi connectivity index (χ2n) is 20.6. The Bertz CT molecular complexity index is 2990. The number of benzene rings is 6. The van der Waals surface area contributed by atoms with E-state index < -0.39 is 29.0 Å². The van der Waals surface area contributed by atoms with Crippen LogP contribution in [0.2, 0.25) is 0 Å². The van der Waals surface area contributed by atoms with Gasteiger partial charge in [-0.25, -0.2) is 0 Å². The summed E-state index contributed by atoms with van der Waals surface area (Å²) in [6, 6.07) is 35.9. The van der Waals surface area contributed by atoms with Crippen molar-refractivity contribution in [1.82, 2.24) is 5.32 Å². The number of esters is 2. The summed E-state index contributed by atoms with van der Waals surface area (Å²) in [6.07, 6.45) is 10.5. The minimum absolute atomic E-state index is 0.0586. The van der Waals surface area contributed by atoms with E-state index in [4.69, 9.17) is 18.9 Å². The van der Waals surface area contributed by atoms with Gasteiger partial charge in [0.1, 0.15) is 18.0 Å². The largest absolute Gasteiger partial charge is 0.508 e. The van der Waals surface area contributed by atoms with Crippen LogP contribution in [-0.4, -0.2) is 60.7 Å². The normalized spacial score (nSPS) is 23.5. The highest BCUT2D eigenvalue weighted by Gasteiger charge is 2.56. The van der Waals surface area contributed by atoms with Crippen molar-refractivity contribution in [2.45, 2.75) is 108 Å². The highest BCUT2D eigenvalue weighted by Crippen LogP contribution is 2.61. The molecular formula is C61H65NO9. The molecule has 10 nitrogen and oxygen atoms in total. The molecular weight excluding hydrogens is 891 g/mol. The molecule has 368 valence electrons. The highest BCUT2D eigenvalue weighted by molar-refractivity contribution is 5.99. The number of ether oxygens (including phenoxy) is 4. The van der Waals surface area contributed by atoms with Gasteiger partial charge in [-0.05, 0) is 173 Å². The van der Waals surface area contributed by atoms with Crippen LogP contribution in [0.4, 0.5) is 0 Å². The zero-order chi connectivity index (χ0) is 49.4. The van der Waals surface area contributed by atoms with Gasteiger partial charge in [-0.2, -0.15) is 0 Å². The predicted molar refractivity (Wildman–Crippen MR) is 276 cm³/mol. The van der Waals surface area contributed by atoms with Gasteiger partial charge in [0.05, 0.1) is 19.6 Å². The number of rotatable bonds is 11. The van der Waals surface area contributed by atoms with Crippen LogP contribution in [0.3, 0.4) is 0 Å². The van der Waals surface area contributed by atoms with E-state index in [0.717, 1.165) is 86.5 Å². The Morgan fingerprint density at radius 1 is 0.761 bits per heavy atom. The van der Waals surface area contributed by atoms with Crippen LogP contribution >= 0.6 is 0 Å². The Hall–Kier alpha value is -6.78. The number of carbonyl (C=O) groups is 2. The van der Waals surface area contributed by atoms with Gasteiger partial charge in [-0.15, -0.1) is 0 Å². The van der Waals surface area contributed by atoms with E-state index in [2.05, 4.69) is 53.9 Å². The third-order valence-electron chi connectivity index (χ3n) is 16.5. The van der Waals surface area contributed by atoms with E-state index >= 15 is 4.79 Å². The van der Waals surface area contributed by atoms with Crippen LogP contribution in [0.15, 0.2) is 115 Å². The molecule has 0 aliphatic heterocycles. The van der Waals surface area contributed by atoms with E-state index in [1.165, 1.54) is 6.92 Å². The summed E-state index contributed by atoms with van der Waals surface area (Å²) >= 11 is 0. The van der Waals surface area contributed by atoms with Crippen LogP contribution in [-0.2, 0) is 50.3 Å². The summed E-state index contributed by atoms with van der Waals surface area (Å²) in [7, 11) is 5.04. The SMILES string of the molecule is CNCc1cccc(-c2cc(O)cc3ccc(C4(C(=O)O[C@@H]5C[C@@H](OC(C)=O)[C@H]6Cc7cc(OC)c(O)cc7C[C@]6(/C=C/c6ccccc6)[C@H]6CCc7cc(O)c(OC)cc7[C@@H]6C5)CCCCC4)cc23)c1. The summed E-state index contributed by atoms with van der Waals surface area (Å²) in [5, 5.41) is 38.5. The van der Waals surface area contributed by atoms with Gasteiger partial charge in [0, 0.05) is 31.2 Å². The molecule has 10 rings (SSSR count). The van der Waals surface area contributed by atoms with E-state index in [1.54, 1.807) is 20.3 Å². The molecule has 0 heterocycles. The summed E-state index contributed by atoms with van der Waals surface area (Å²) < 4.78 is 25.1. The van der Waals surface area contributed by atoms with E-state index in [9.17, 15) is 20.1 Å². The highest BCUT2D eigenvalue weighted by atomic mass is 16.6. The zero-order valence-electron chi connectivity index (χ0n) is 41.2. The fraction of sp³-hybridized carbons (Fsp3) is 0.377. The molecule has 0 bridgehead atoms. The molecule has 71 heavy (non-hydrogen) atoms. The van der Waals surface area contributed by atoms with E-state index in [0.29, 0.717) is 56.6 Å². The molecule has 0 amide bonds. The number of aryl methyl sites for hydroxylation is 1. The first-order chi connectivity index (χ1) is 34.4. The number of allylic oxidation sites excluding steroid dienone is 1. The lowest BCUT2D eigenvalue weighted by Crippen LogP contribution is -2.54. The molecule has 4 N–H and O–H groups in total. The molecule has 0 saturated heterocycles. The molecule has 6 aromatic carbocycles. The van der Waals surface area contributed by atoms with Crippen molar-refractivity contribution in [3.63, 3.8) is 0 Å². The first-order valence-electron chi connectivity index (χ1n) is 25.3. The molecule has 6 atom stereocenters. The minimum atomic E-state index is -0.946. The molecule has 0 unspecified atom stereocenters. The molecule has 6 aromatic rings. The predicted octanol–water partition coefficient (Wildman–Crippen LogP) is 11.7. The Morgan fingerprint density at radius 3 is 2.27 bits per heavy atom. The Kier molecular flexibility index (Phi) is 13.3. The number of fused-ring (bicyclic) bond motifs is 7. The second-order valence-corrected chi connectivity index (χ2v) is 20.6. The summed E-state index contributed by atoms with van der Waals surface area (Å²) in [4.78, 5) is 29.2. The van der Waals surface area contributed by atoms with Gasteiger partial charge in [0.2, 0.25) is 0 Å². The van der Waals surface area contributed by atoms with Crippen LogP contribution < -0.4 is 14.8 Å². The molecule has 0 spiro atoms. The van der Waals surface area contributed by atoms with Crippen LogP contribution in [0.5, 0.6) is 28.7 Å². The molecule has 0 radical (unpaired) electrons. The van der Waals surface area contributed by atoms with Gasteiger partial charge in [0.15, 0.2) is 23.0 Å². The molecule has 2 fully saturated rings. The quantitative estimate of drug-likeness (QED) is 0.0927. The van der Waals surface area contributed by atoms with Crippen molar-refractivity contribution in [2.75, 3.05) is 21.3 Å². The Morgan fingerprint density at radius 2 is 1.52 bits per heavy atom. The minimum Gasteiger partial charge on any atom is -0.508 e. The molecule has 4 aliphatic rings. The number of nitrogens with one attached hydrogen (secondary N) is 1. The van der Waals surface area contributed by atoms with Crippen LogP contribution in [0.25, 0.3) is 28.0 Å². The molecule has 10 heteroatoms. The standard InChI is InChI=1S/C61H65NO9/c1-37(63)70-56-33-47(71-59(67)60(21-9-6-10-22-60)45-18-16-41-25-46(64)31-49(48(41)30-45)40-15-11-14-39(24-40)36-62-2)32-51-50-34-58(69-4)54(65)27-42(50)17-19-52(51)61(23-20-38-12-7-5-8-13-38)35-44-28-55(66)57(68-3)29-43(44)26-53(56)61/h5,7-8,11-16,18,20,23-25,27-31,34,47,51-53,56,62,64-66H,6,9-10,17,19,21-22,26,32-33,35-36H2,1-4H3/b23-20+/t47-,51-,52-,53+,56+,61+/m0/s1. The smallest absolute Gasteiger partial charge is 0.316 e. The topological polar surface area (TPSA) is 144 Å². The number of phenolic OH excluding ortho intramolecular Hbond substituents is 3. The second kappa shape index (κ2) is 19.8. The fourth-order valence-corrected chi connectivity index (χ4v) is 13.3. The van der Waals surface area contributed by atoms with Crippen LogP contribution in [0, 0.1) is 17.3 Å². The maximum absolute atomic E-state index is 15.7. The van der Waals surface area contributed by atoms with Gasteiger partial charge in [-0.3, -0.25) is 9.59 Å². The third-order valence-corrected chi connectivity index (χ3v) is 16.5. The number of hydrogen-bond acceptors (Lipinski definition) is 10. The Balaban J connectivity index is 1.11. The summed E-state index contributed by atoms with van der Waals surface area (Å²) in [5.41, 5.74) is 7.46. The lowest BCUT2D eigenvalue weighted by atomic mass is 9.49. The fourth-order valence-electron chi connectivity index (χ4n) is 13.3. The monoisotopic (exact) mass is 955 g/mol. The van der Waals surface area contributed by atoms with Gasteiger partial charge >= 0.3 is 11.9 Å². The number of hydrogen-bond donors (Lipinski definition) is 4. The number of phenols is 3. The van der Waals surface area contributed by atoms with E-state index in [1.807, 2.05) is 73.8 Å². The Labute approximate surface area is 416 Å². The van der Waals surface area contributed by atoms with Gasteiger partial charge < -0.3 is 39.6 Å². The summed E-state index contributed by atoms with van der Waals surface area (Å²) in [6.45, 7) is 2.16. The van der Waals surface area contributed by atoms with Crippen LogP contribution in [0.1, 0.15) is 103 Å². The lowest BCUT2D eigenvalue weighted by Gasteiger charge is -2.56. The summed E-state index contributed by atoms with van der Waals surface area (Å²) in [5.74, 6) is -0.0863. The van der Waals surface area contributed by atoms with Crippen molar-refractivity contribution < 1.29 is 43.9 Å². The van der Waals surface area contributed by atoms with Crippen molar-refractivity contribution in [2.24, 2.45) is 17.3 Å². The molecule has 2 saturated carbocycles. The average molecular weight is 956 g/mol. The lowest BCUT2D eigenvalue weighted by molar-refractivity contribution is -0.169.